The second kappa shape index (κ2) is 6.12. The van der Waals surface area contributed by atoms with Crippen LogP contribution >= 0.6 is 0 Å². The summed E-state index contributed by atoms with van der Waals surface area (Å²) in [5.41, 5.74) is 5.31. The Morgan fingerprint density at radius 1 is 1.04 bits per heavy atom. The third-order valence-corrected chi connectivity index (χ3v) is 5.62. The maximum absolute atomic E-state index is 12.5. The van der Waals surface area contributed by atoms with Crippen LogP contribution in [0.4, 0.5) is 4.79 Å². The topological polar surface area (TPSA) is 49.9 Å². The van der Waals surface area contributed by atoms with Gasteiger partial charge >= 0.3 is 6.09 Å². The Hall–Kier alpha value is -2.82. The van der Waals surface area contributed by atoms with Crippen LogP contribution in [0, 0.1) is 0 Å². The minimum absolute atomic E-state index is 0.0406. The van der Waals surface area contributed by atoms with Gasteiger partial charge in [0.2, 0.25) is 0 Å². The molecule has 2 amide bonds. The molecule has 5 rings (SSSR count). The number of ether oxygens (including phenoxy) is 1. The van der Waals surface area contributed by atoms with E-state index in [4.69, 9.17) is 4.74 Å². The zero-order valence-corrected chi connectivity index (χ0v) is 15.4. The molecule has 0 radical (unpaired) electrons. The maximum atomic E-state index is 12.5. The third kappa shape index (κ3) is 2.97. The minimum atomic E-state index is -0.241. The molecule has 0 spiro atoms. The summed E-state index contributed by atoms with van der Waals surface area (Å²) in [7, 11) is 0. The van der Waals surface area contributed by atoms with Gasteiger partial charge in [0.25, 0.3) is 5.91 Å². The summed E-state index contributed by atoms with van der Waals surface area (Å²) in [5.74, 6) is 0.182. The van der Waals surface area contributed by atoms with Gasteiger partial charge in [0.05, 0.1) is 6.54 Å². The molecule has 138 valence electrons. The molecular formula is C22H22N2O3. The van der Waals surface area contributed by atoms with E-state index in [1.165, 1.54) is 0 Å². The van der Waals surface area contributed by atoms with Gasteiger partial charge in [0.15, 0.2) is 0 Å². The lowest BCUT2D eigenvalue weighted by Crippen LogP contribution is -2.25. The number of hydrogen-bond donors (Lipinski definition) is 0. The summed E-state index contributed by atoms with van der Waals surface area (Å²) in [6, 6.07) is 14.9. The fourth-order valence-corrected chi connectivity index (χ4v) is 4.02. The average Bonchev–Trinajstić information content (AvgIpc) is 3.39. The highest BCUT2D eigenvalue weighted by atomic mass is 16.6. The molecule has 2 aromatic rings. The summed E-state index contributed by atoms with van der Waals surface area (Å²) in [5, 5.41) is 0. The molecular weight excluding hydrogens is 340 g/mol. The van der Waals surface area contributed by atoms with E-state index in [1.807, 2.05) is 24.0 Å². The first kappa shape index (κ1) is 16.4. The van der Waals surface area contributed by atoms with Crippen molar-refractivity contribution < 1.29 is 14.3 Å². The normalized spacial score (nSPS) is 21.6. The number of hydrogen-bond acceptors (Lipinski definition) is 3. The van der Waals surface area contributed by atoms with Crippen LogP contribution in [0.2, 0.25) is 0 Å². The predicted octanol–water partition coefficient (Wildman–Crippen LogP) is 3.81. The molecule has 1 atom stereocenters. The van der Waals surface area contributed by atoms with E-state index in [9.17, 15) is 9.59 Å². The zero-order valence-electron chi connectivity index (χ0n) is 15.4. The fourth-order valence-electron chi connectivity index (χ4n) is 4.02. The monoisotopic (exact) mass is 362 g/mol. The lowest BCUT2D eigenvalue weighted by molar-refractivity contribution is 0.0766. The second-order valence-electron chi connectivity index (χ2n) is 7.81. The lowest BCUT2D eigenvalue weighted by atomic mass is 9.99. The SMILES string of the molecule is C[C@@H]1CN(Cc2ccc(-c3ccc4c(c3)CN(C3CC3)C4=O)cc2)C(=O)O1. The molecule has 3 aliphatic rings. The fraction of sp³-hybridized carbons (Fsp3) is 0.364. The summed E-state index contributed by atoms with van der Waals surface area (Å²) in [4.78, 5) is 28.0. The molecule has 2 aliphatic heterocycles. The van der Waals surface area contributed by atoms with Crippen molar-refractivity contribution in [3.63, 3.8) is 0 Å². The number of rotatable bonds is 4. The highest BCUT2D eigenvalue weighted by Crippen LogP contribution is 2.36. The maximum Gasteiger partial charge on any atom is 0.410 e. The Balaban J connectivity index is 1.33. The minimum Gasteiger partial charge on any atom is -0.444 e. The first-order valence-electron chi connectivity index (χ1n) is 9.57. The van der Waals surface area contributed by atoms with Crippen LogP contribution in [0.5, 0.6) is 0 Å². The van der Waals surface area contributed by atoms with E-state index in [0.717, 1.165) is 47.2 Å². The van der Waals surface area contributed by atoms with Crippen molar-refractivity contribution in [3.8, 4) is 11.1 Å². The smallest absolute Gasteiger partial charge is 0.410 e. The van der Waals surface area contributed by atoms with Gasteiger partial charge in [-0.3, -0.25) is 4.79 Å². The van der Waals surface area contributed by atoms with Gasteiger partial charge in [-0.05, 0) is 54.2 Å². The number of carbonyl (C=O) groups excluding carboxylic acids is 2. The molecule has 2 heterocycles. The summed E-state index contributed by atoms with van der Waals surface area (Å²) in [6.07, 6.45) is 1.99. The molecule has 1 saturated carbocycles. The Morgan fingerprint density at radius 2 is 1.78 bits per heavy atom. The Kier molecular flexibility index (Phi) is 3.71. The van der Waals surface area contributed by atoms with Crippen LogP contribution in [0.15, 0.2) is 42.5 Å². The van der Waals surface area contributed by atoms with Crippen molar-refractivity contribution in [2.45, 2.75) is 45.0 Å². The van der Waals surface area contributed by atoms with Gasteiger partial charge in [-0.25, -0.2) is 4.79 Å². The first-order valence-corrected chi connectivity index (χ1v) is 9.57. The molecule has 5 heteroatoms. The predicted molar refractivity (Wildman–Crippen MR) is 101 cm³/mol. The largest absolute Gasteiger partial charge is 0.444 e. The van der Waals surface area contributed by atoms with Gasteiger partial charge in [-0.2, -0.15) is 0 Å². The van der Waals surface area contributed by atoms with E-state index in [0.29, 0.717) is 19.1 Å². The molecule has 0 unspecified atom stereocenters. The van der Waals surface area contributed by atoms with Crippen LogP contribution in [-0.4, -0.2) is 40.5 Å². The lowest BCUT2D eigenvalue weighted by Gasteiger charge is -2.13. The number of carbonyl (C=O) groups is 2. The van der Waals surface area contributed by atoms with Crippen molar-refractivity contribution in [2.75, 3.05) is 6.54 Å². The Labute approximate surface area is 158 Å². The molecule has 27 heavy (non-hydrogen) atoms. The van der Waals surface area contributed by atoms with Crippen LogP contribution < -0.4 is 0 Å². The molecule has 2 aromatic carbocycles. The number of amides is 2. The molecule has 1 aliphatic carbocycles. The number of cyclic esters (lactones) is 1. The van der Waals surface area contributed by atoms with E-state index in [-0.39, 0.29) is 18.1 Å². The van der Waals surface area contributed by atoms with Gasteiger partial charge in [0.1, 0.15) is 6.10 Å². The molecule has 5 nitrogen and oxygen atoms in total. The van der Waals surface area contributed by atoms with Crippen molar-refractivity contribution in [1.29, 1.82) is 0 Å². The Morgan fingerprint density at radius 3 is 2.44 bits per heavy atom. The number of nitrogens with zero attached hydrogens (tertiary/aromatic N) is 2. The molecule has 1 saturated heterocycles. The molecule has 0 aromatic heterocycles. The second-order valence-corrected chi connectivity index (χ2v) is 7.81. The van der Waals surface area contributed by atoms with E-state index in [2.05, 4.69) is 30.3 Å². The van der Waals surface area contributed by atoms with Gasteiger partial charge in [-0.1, -0.05) is 30.3 Å². The first-order chi connectivity index (χ1) is 13.1. The highest BCUT2D eigenvalue weighted by molar-refractivity contribution is 5.99. The average molecular weight is 362 g/mol. The third-order valence-electron chi connectivity index (χ3n) is 5.62. The molecule has 2 fully saturated rings. The van der Waals surface area contributed by atoms with Gasteiger partial charge in [0, 0.05) is 24.7 Å². The summed E-state index contributed by atoms with van der Waals surface area (Å²) in [6.45, 7) is 3.85. The summed E-state index contributed by atoms with van der Waals surface area (Å²) >= 11 is 0. The standard InChI is InChI=1S/C22H22N2O3/c1-14-11-23(22(26)27-14)12-15-2-4-16(5-3-15)17-6-9-20-18(10-17)13-24(21(20)25)19-7-8-19/h2-6,9-10,14,19H,7-8,11-13H2,1H3/t14-/m1/s1. The quantitative estimate of drug-likeness (QED) is 0.831. The van der Waals surface area contributed by atoms with E-state index >= 15 is 0 Å². The zero-order chi connectivity index (χ0) is 18.5. The van der Waals surface area contributed by atoms with Crippen molar-refractivity contribution >= 4 is 12.0 Å². The highest BCUT2D eigenvalue weighted by Gasteiger charge is 2.38. The van der Waals surface area contributed by atoms with E-state index < -0.39 is 0 Å². The van der Waals surface area contributed by atoms with Crippen molar-refractivity contribution in [3.05, 3.63) is 59.2 Å². The van der Waals surface area contributed by atoms with Crippen molar-refractivity contribution in [2.24, 2.45) is 0 Å². The van der Waals surface area contributed by atoms with Gasteiger partial charge in [-0.15, -0.1) is 0 Å². The van der Waals surface area contributed by atoms with Crippen LogP contribution in [0.3, 0.4) is 0 Å². The van der Waals surface area contributed by atoms with Crippen LogP contribution in [0.25, 0.3) is 11.1 Å². The van der Waals surface area contributed by atoms with Crippen LogP contribution in [0.1, 0.15) is 41.3 Å². The van der Waals surface area contributed by atoms with E-state index in [1.54, 1.807) is 4.90 Å². The van der Waals surface area contributed by atoms with Crippen molar-refractivity contribution in [1.82, 2.24) is 9.80 Å². The number of fused-ring (bicyclic) bond motifs is 1. The summed E-state index contributed by atoms with van der Waals surface area (Å²) < 4.78 is 5.18. The Bertz CT molecular complexity index is 918. The van der Waals surface area contributed by atoms with Crippen LogP contribution in [-0.2, 0) is 17.8 Å². The van der Waals surface area contributed by atoms with Gasteiger partial charge < -0.3 is 14.5 Å². The molecule has 0 N–H and O–H groups in total. The number of benzene rings is 2. The molecule has 0 bridgehead atoms.